The molecule has 0 unspecified atom stereocenters. The molecule has 0 atom stereocenters. The second kappa shape index (κ2) is 4.38. The Labute approximate surface area is 101 Å². The van der Waals surface area contributed by atoms with Crippen molar-refractivity contribution >= 4 is 11.6 Å². The third-order valence-electron chi connectivity index (χ3n) is 3.64. The number of hydrogen-bond donors (Lipinski definition) is 1. The fraction of sp³-hybridized carbons (Fsp3) is 0.750. The van der Waals surface area contributed by atoms with Gasteiger partial charge in [-0.25, -0.2) is 0 Å². The van der Waals surface area contributed by atoms with Gasteiger partial charge in [-0.1, -0.05) is 18.5 Å². The Bertz CT molecular complexity index is 367. The zero-order chi connectivity index (χ0) is 11.8. The van der Waals surface area contributed by atoms with Crippen LogP contribution in [0.15, 0.2) is 6.20 Å². The van der Waals surface area contributed by atoms with Gasteiger partial charge in [0.05, 0.1) is 16.9 Å². The minimum atomic E-state index is -0.768. The summed E-state index contributed by atoms with van der Waals surface area (Å²) in [6.07, 6.45) is 5.33. The van der Waals surface area contributed by atoms with Crippen LogP contribution in [0.2, 0.25) is 5.02 Å². The number of nitrogens with zero attached hydrogens (tertiary/aromatic N) is 2. The van der Waals surface area contributed by atoms with Crippen molar-refractivity contribution in [3.05, 3.63) is 16.9 Å². The van der Waals surface area contributed by atoms with Gasteiger partial charge < -0.3 is 5.11 Å². The molecule has 0 radical (unpaired) electrons. The van der Waals surface area contributed by atoms with Crippen molar-refractivity contribution in [1.29, 1.82) is 0 Å². The van der Waals surface area contributed by atoms with Crippen molar-refractivity contribution in [2.45, 2.75) is 51.7 Å². The molecular formula is C12H19ClN2O. The van der Waals surface area contributed by atoms with Gasteiger partial charge >= 0.3 is 0 Å². The first-order chi connectivity index (χ1) is 7.57. The van der Waals surface area contributed by atoms with Crippen LogP contribution in [0.25, 0.3) is 0 Å². The van der Waals surface area contributed by atoms with Crippen molar-refractivity contribution in [2.75, 3.05) is 0 Å². The van der Waals surface area contributed by atoms with Gasteiger partial charge in [0.1, 0.15) is 5.60 Å². The molecule has 1 aromatic heterocycles. The molecule has 1 aliphatic rings. The summed E-state index contributed by atoms with van der Waals surface area (Å²) in [6.45, 7) is 5.00. The molecule has 3 nitrogen and oxygen atoms in total. The molecule has 0 aromatic carbocycles. The van der Waals surface area contributed by atoms with E-state index in [1.54, 1.807) is 6.20 Å². The highest BCUT2D eigenvalue weighted by molar-refractivity contribution is 6.31. The summed E-state index contributed by atoms with van der Waals surface area (Å²) in [5, 5.41) is 15.5. The topological polar surface area (TPSA) is 38.0 Å². The molecule has 1 heterocycles. The number of halogens is 1. The van der Waals surface area contributed by atoms with Crippen LogP contribution in [-0.4, -0.2) is 14.9 Å². The normalized spacial score (nSPS) is 30.6. The van der Waals surface area contributed by atoms with Crippen LogP contribution in [0.1, 0.15) is 45.2 Å². The van der Waals surface area contributed by atoms with Crippen LogP contribution in [-0.2, 0) is 12.1 Å². The molecule has 16 heavy (non-hydrogen) atoms. The van der Waals surface area contributed by atoms with Crippen LogP contribution in [0, 0.1) is 5.92 Å². The van der Waals surface area contributed by atoms with E-state index in [2.05, 4.69) is 12.0 Å². The molecule has 4 heteroatoms. The van der Waals surface area contributed by atoms with Crippen molar-refractivity contribution in [3.63, 3.8) is 0 Å². The number of hydrogen-bond acceptors (Lipinski definition) is 2. The summed E-state index contributed by atoms with van der Waals surface area (Å²) in [5.41, 5.74) is 0.0411. The summed E-state index contributed by atoms with van der Waals surface area (Å²) in [4.78, 5) is 0. The summed E-state index contributed by atoms with van der Waals surface area (Å²) < 4.78 is 1.82. The molecule has 0 aliphatic heterocycles. The zero-order valence-corrected chi connectivity index (χ0v) is 10.7. The number of aliphatic hydroxyl groups is 1. The van der Waals surface area contributed by atoms with Gasteiger partial charge in [-0.05, 0) is 38.5 Å². The van der Waals surface area contributed by atoms with E-state index in [0.717, 1.165) is 37.9 Å². The third-order valence-corrected chi connectivity index (χ3v) is 3.91. The van der Waals surface area contributed by atoms with Crippen LogP contribution < -0.4 is 0 Å². The summed E-state index contributed by atoms with van der Waals surface area (Å²) in [7, 11) is 0. The lowest BCUT2D eigenvalue weighted by atomic mass is 9.78. The fourth-order valence-corrected chi connectivity index (χ4v) is 2.86. The lowest BCUT2D eigenvalue weighted by Gasteiger charge is -2.35. The lowest BCUT2D eigenvalue weighted by Crippen LogP contribution is -2.33. The van der Waals surface area contributed by atoms with Crippen molar-refractivity contribution in [2.24, 2.45) is 5.92 Å². The Morgan fingerprint density at radius 3 is 2.75 bits per heavy atom. The summed E-state index contributed by atoms with van der Waals surface area (Å²) in [6, 6.07) is 0. The molecule has 1 saturated carbocycles. The second-order valence-electron chi connectivity index (χ2n) is 4.87. The summed E-state index contributed by atoms with van der Waals surface area (Å²) >= 11 is 6.14. The number of aryl methyl sites for hydroxylation is 1. The fourth-order valence-electron chi connectivity index (χ4n) is 2.54. The van der Waals surface area contributed by atoms with Gasteiger partial charge in [0.25, 0.3) is 0 Å². The predicted octanol–water partition coefficient (Wildman–Crippen LogP) is 2.95. The van der Waals surface area contributed by atoms with E-state index in [1.807, 2.05) is 11.6 Å². The maximum absolute atomic E-state index is 10.7. The molecule has 1 fully saturated rings. The quantitative estimate of drug-likeness (QED) is 0.866. The van der Waals surface area contributed by atoms with Crippen LogP contribution in [0.5, 0.6) is 0 Å². The third kappa shape index (κ3) is 1.98. The minimum Gasteiger partial charge on any atom is -0.384 e. The number of rotatable bonds is 2. The smallest absolute Gasteiger partial charge is 0.108 e. The Morgan fingerprint density at radius 2 is 2.19 bits per heavy atom. The van der Waals surface area contributed by atoms with Gasteiger partial charge in [-0.3, -0.25) is 4.68 Å². The molecule has 0 amide bonds. The predicted molar refractivity (Wildman–Crippen MR) is 64.4 cm³/mol. The Morgan fingerprint density at radius 1 is 1.56 bits per heavy atom. The highest BCUT2D eigenvalue weighted by Crippen LogP contribution is 2.41. The molecule has 1 N–H and O–H groups in total. The van der Waals surface area contributed by atoms with Crippen LogP contribution in [0.4, 0.5) is 0 Å². The van der Waals surface area contributed by atoms with Gasteiger partial charge in [0.15, 0.2) is 0 Å². The van der Waals surface area contributed by atoms with Gasteiger partial charge in [0.2, 0.25) is 0 Å². The molecule has 1 aliphatic carbocycles. The van der Waals surface area contributed by atoms with Crippen LogP contribution in [0.3, 0.4) is 0 Å². The van der Waals surface area contributed by atoms with E-state index in [-0.39, 0.29) is 0 Å². The van der Waals surface area contributed by atoms with E-state index in [1.165, 1.54) is 0 Å². The molecule has 0 spiro atoms. The first kappa shape index (κ1) is 11.9. The second-order valence-corrected chi connectivity index (χ2v) is 5.28. The SMILES string of the molecule is CCn1ncc(Cl)c1C1(O)CCC(C)CC1. The number of aromatic nitrogens is 2. The summed E-state index contributed by atoms with van der Waals surface area (Å²) in [5.74, 6) is 0.706. The first-order valence-electron chi connectivity index (χ1n) is 6.01. The van der Waals surface area contributed by atoms with Crippen molar-refractivity contribution in [1.82, 2.24) is 9.78 Å². The van der Waals surface area contributed by atoms with E-state index in [9.17, 15) is 5.11 Å². The van der Waals surface area contributed by atoms with E-state index in [0.29, 0.717) is 10.9 Å². The van der Waals surface area contributed by atoms with Gasteiger partial charge in [0, 0.05) is 6.54 Å². The Hall–Kier alpha value is -0.540. The average molecular weight is 243 g/mol. The monoisotopic (exact) mass is 242 g/mol. The Balaban J connectivity index is 2.31. The maximum Gasteiger partial charge on any atom is 0.108 e. The average Bonchev–Trinajstić information content (AvgIpc) is 2.65. The highest BCUT2D eigenvalue weighted by Gasteiger charge is 2.37. The molecule has 0 bridgehead atoms. The van der Waals surface area contributed by atoms with Crippen molar-refractivity contribution < 1.29 is 5.11 Å². The molecule has 2 rings (SSSR count). The molecular weight excluding hydrogens is 224 g/mol. The minimum absolute atomic E-state index is 0.596. The van der Waals surface area contributed by atoms with Crippen LogP contribution >= 0.6 is 11.6 Å². The van der Waals surface area contributed by atoms with Crippen molar-refractivity contribution in [3.8, 4) is 0 Å². The molecule has 0 saturated heterocycles. The molecule has 1 aromatic rings. The van der Waals surface area contributed by atoms with E-state index >= 15 is 0 Å². The molecule has 90 valence electrons. The Kier molecular flexibility index (Phi) is 3.27. The van der Waals surface area contributed by atoms with E-state index < -0.39 is 5.60 Å². The highest BCUT2D eigenvalue weighted by atomic mass is 35.5. The first-order valence-corrected chi connectivity index (χ1v) is 6.39. The standard InChI is InChI=1S/C12H19ClN2O/c1-3-15-11(10(13)8-14-15)12(16)6-4-9(2)5-7-12/h8-9,16H,3-7H2,1-2H3. The van der Waals surface area contributed by atoms with E-state index in [4.69, 9.17) is 11.6 Å². The maximum atomic E-state index is 10.7. The largest absolute Gasteiger partial charge is 0.384 e. The van der Waals surface area contributed by atoms with Gasteiger partial charge in [-0.15, -0.1) is 0 Å². The van der Waals surface area contributed by atoms with Gasteiger partial charge in [-0.2, -0.15) is 5.10 Å². The zero-order valence-electron chi connectivity index (χ0n) is 9.91. The lowest BCUT2D eigenvalue weighted by molar-refractivity contribution is -0.0194.